The fourth-order valence-corrected chi connectivity index (χ4v) is 7.68. The van der Waals surface area contributed by atoms with Gasteiger partial charge in [0.05, 0.1) is 5.41 Å². The van der Waals surface area contributed by atoms with Gasteiger partial charge in [-0.3, -0.25) is 0 Å². The van der Waals surface area contributed by atoms with Gasteiger partial charge in [-0.15, -0.1) is 0 Å². The van der Waals surface area contributed by atoms with Crippen LogP contribution in [0.1, 0.15) is 35.1 Å². The first-order valence-corrected chi connectivity index (χ1v) is 13.7. The van der Waals surface area contributed by atoms with E-state index >= 15 is 0 Å². The maximum absolute atomic E-state index is 3.85. The second-order valence-electron chi connectivity index (χ2n) is 10.5. The monoisotopic (exact) mass is 538 g/mol. The van der Waals surface area contributed by atoms with Gasteiger partial charge in [-0.1, -0.05) is 150 Å². The van der Waals surface area contributed by atoms with Gasteiger partial charge in [-0.2, -0.15) is 0 Å². The minimum atomic E-state index is -0.341. The predicted molar refractivity (Wildman–Crippen MR) is 159 cm³/mol. The van der Waals surface area contributed by atoms with Crippen molar-refractivity contribution < 1.29 is 0 Å². The Morgan fingerprint density at radius 2 is 1.22 bits per heavy atom. The molecule has 2 aliphatic rings. The van der Waals surface area contributed by atoms with Gasteiger partial charge < -0.3 is 0 Å². The number of benzene rings is 5. The van der Waals surface area contributed by atoms with Gasteiger partial charge in [-0.25, -0.2) is 0 Å². The number of halogens is 1. The molecular formula is C36H27Br. The highest BCUT2D eigenvalue weighted by Gasteiger charge is 2.60. The van der Waals surface area contributed by atoms with Gasteiger partial charge in [0.25, 0.3) is 0 Å². The maximum Gasteiger partial charge on any atom is 0.0551 e. The smallest absolute Gasteiger partial charge is 0.0551 e. The van der Waals surface area contributed by atoms with Crippen molar-refractivity contribution in [1.82, 2.24) is 0 Å². The molecule has 1 heteroatoms. The fourth-order valence-electron chi connectivity index (χ4n) is 7.05. The van der Waals surface area contributed by atoms with Gasteiger partial charge in [0.15, 0.2) is 0 Å². The molecule has 7 rings (SSSR count). The zero-order valence-corrected chi connectivity index (χ0v) is 22.3. The van der Waals surface area contributed by atoms with E-state index in [4.69, 9.17) is 0 Å². The Bertz CT molecular complexity index is 1650. The standard InChI is InChI=1S/C36H27Br/c1-35-24-31(37)19-21-33(35)32-20-18-28(27-17-16-25-10-8-9-11-26(25)22-27)23-34(32)36(35,29-12-4-2-5-13-29)30-14-6-3-7-15-30/h2-24,33H,1H3. The molecule has 2 aliphatic carbocycles. The summed E-state index contributed by atoms with van der Waals surface area (Å²) >= 11 is 3.85. The molecule has 0 heterocycles. The molecule has 0 aliphatic heterocycles. The van der Waals surface area contributed by atoms with Crippen LogP contribution in [-0.4, -0.2) is 0 Å². The van der Waals surface area contributed by atoms with Crippen molar-refractivity contribution in [2.24, 2.45) is 5.41 Å². The molecule has 0 fully saturated rings. The van der Waals surface area contributed by atoms with Gasteiger partial charge in [0.2, 0.25) is 0 Å². The van der Waals surface area contributed by atoms with Crippen LogP contribution in [0, 0.1) is 5.41 Å². The number of fused-ring (bicyclic) bond motifs is 4. The molecule has 2 unspecified atom stereocenters. The summed E-state index contributed by atoms with van der Waals surface area (Å²) < 4.78 is 1.14. The highest BCUT2D eigenvalue weighted by atomic mass is 79.9. The predicted octanol–water partition coefficient (Wildman–Crippen LogP) is 9.79. The lowest BCUT2D eigenvalue weighted by Crippen LogP contribution is -2.43. The van der Waals surface area contributed by atoms with Crippen LogP contribution in [0.2, 0.25) is 0 Å². The maximum atomic E-state index is 3.85. The minimum absolute atomic E-state index is 0.187. The van der Waals surface area contributed by atoms with Crippen LogP contribution in [0.4, 0.5) is 0 Å². The zero-order chi connectivity index (χ0) is 25.0. The molecule has 5 aromatic carbocycles. The normalized spacial score (nSPS) is 21.4. The van der Waals surface area contributed by atoms with Crippen molar-refractivity contribution in [1.29, 1.82) is 0 Å². The second kappa shape index (κ2) is 8.43. The SMILES string of the molecule is CC12C=C(Br)C=CC1c1ccc(-c3ccc4ccccc4c3)cc1C2(c1ccccc1)c1ccccc1. The van der Waals surface area contributed by atoms with Crippen LogP contribution in [-0.2, 0) is 5.41 Å². The Kier molecular flexibility index (Phi) is 5.13. The van der Waals surface area contributed by atoms with Crippen molar-refractivity contribution >= 4 is 26.7 Å². The number of hydrogen-bond donors (Lipinski definition) is 0. The Balaban J connectivity index is 1.56. The molecule has 5 aromatic rings. The first-order chi connectivity index (χ1) is 18.1. The quantitative estimate of drug-likeness (QED) is 0.214. The van der Waals surface area contributed by atoms with Crippen molar-refractivity contribution in [2.75, 3.05) is 0 Å². The summed E-state index contributed by atoms with van der Waals surface area (Å²) in [6.45, 7) is 2.44. The van der Waals surface area contributed by atoms with Crippen LogP contribution >= 0.6 is 15.9 Å². The topological polar surface area (TPSA) is 0 Å². The summed E-state index contributed by atoms with van der Waals surface area (Å²) in [7, 11) is 0. The summed E-state index contributed by atoms with van der Waals surface area (Å²) in [5.41, 5.74) is 7.45. The van der Waals surface area contributed by atoms with Gasteiger partial charge in [-0.05, 0) is 56.3 Å². The number of allylic oxidation sites excluding steroid dienone is 4. The van der Waals surface area contributed by atoms with E-state index in [1.54, 1.807) is 0 Å². The first kappa shape index (κ1) is 22.5. The summed E-state index contributed by atoms with van der Waals surface area (Å²) in [6, 6.07) is 44.8. The van der Waals surface area contributed by atoms with E-state index in [0.29, 0.717) is 0 Å². The summed E-state index contributed by atoms with van der Waals surface area (Å²) in [6.07, 6.45) is 7.07. The van der Waals surface area contributed by atoms with E-state index < -0.39 is 0 Å². The van der Waals surface area contributed by atoms with Crippen LogP contribution in [0.15, 0.2) is 144 Å². The van der Waals surface area contributed by atoms with E-state index in [1.807, 2.05) is 0 Å². The summed E-state index contributed by atoms with van der Waals surface area (Å²) in [4.78, 5) is 0. The number of hydrogen-bond acceptors (Lipinski definition) is 0. The van der Waals surface area contributed by atoms with Gasteiger partial charge >= 0.3 is 0 Å². The van der Waals surface area contributed by atoms with Crippen LogP contribution in [0.5, 0.6) is 0 Å². The average molecular weight is 540 g/mol. The molecule has 0 spiro atoms. The Morgan fingerprint density at radius 1 is 0.622 bits per heavy atom. The minimum Gasteiger partial charge on any atom is -0.0750 e. The summed E-state index contributed by atoms with van der Waals surface area (Å²) in [5.74, 6) is 0.273. The Hall–Kier alpha value is -3.68. The van der Waals surface area contributed by atoms with Crippen LogP contribution < -0.4 is 0 Å². The lowest BCUT2D eigenvalue weighted by atomic mass is 9.54. The van der Waals surface area contributed by atoms with Crippen molar-refractivity contribution in [3.63, 3.8) is 0 Å². The van der Waals surface area contributed by atoms with E-state index in [9.17, 15) is 0 Å². The molecular weight excluding hydrogens is 512 g/mol. The molecule has 37 heavy (non-hydrogen) atoms. The fraction of sp³-hybridized carbons (Fsp3) is 0.111. The highest BCUT2D eigenvalue weighted by molar-refractivity contribution is 9.11. The molecule has 0 radical (unpaired) electrons. The molecule has 0 bridgehead atoms. The number of rotatable bonds is 3. The molecule has 0 amide bonds. The zero-order valence-electron chi connectivity index (χ0n) is 20.7. The summed E-state index contributed by atoms with van der Waals surface area (Å²) in [5, 5.41) is 2.54. The lowest BCUT2D eigenvalue weighted by molar-refractivity contribution is 0.288. The third-order valence-corrected chi connectivity index (χ3v) is 9.12. The first-order valence-electron chi connectivity index (χ1n) is 12.9. The van der Waals surface area contributed by atoms with Gasteiger partial charge in [0, 0.05) is 15.8 Å². The molecule has 178 valence electrons. The van der Waals surface area contributed by atoms with E-state index in [1.165, 1.54) is 44.2 Å². The molecule has 0 aromatic heterocycles. The third-order valence-electron chi connectivity index (χ3n) is 8.63. The van der Waals surface area contributed by atoms with Gasteiger partial charge in [0.1, 0.15) is 0 Å². The lowest BCUT2D eigenvalue weighted by Gasteiger charge is -2.47. The van der Waals surface area contributed by atoms with E-state index in [2.05, 4.69) is 162 Å². The Labute approximate surface area is 227 Å². The van der Waals surface area contributed by atoms with E-state index in [-0.39, 0.29) is 16.7 Å². The Morgan fingerprint density at radius 3 is 1.92 bits per heavy atom. The molecule has 2 atom stereocenters. The largest absolute Gasteiger partial charge is 0.0750 e. The van der Waals surface area contributed by atoms with Crippen LogP contribution in [0.25, 0.3) is 21.9 Å². The average Bonchev–Trinajstić information content (AvgIpc) is 3.17. The third kappa shape index (κ3) is 3.20. The van der Waals surface area contributed by atoms with Crippen molar-refractivity contribution in [3.8, 4) is 11.1 Å². The van der Waals surface area contributed by atoms with Crippen molar-refractivity contribution in [3.05, 3.63) is 166 Å². The van der Waals surface area contributed by atoms with E-state index in [0.717, 1.165) is 4.48 Å². The second-order valence-corrected chi connectivity index (χ2v) is 11.4. The highest BCUT2D eigenvalue weighted by Crippen LogP contribution is 2.67. The molecule has 0 nitrogen and oxygen atoms in total. The van der Waals surface area contributed by atoms with Crippen molar-refractivity contribution in [2.45, 2.75) is 18.3 Å². The molecule has 0 saturated heterocycles. The van der Waals surface area contributed by atoms with Crippen LogP contribution in [0.3, 0.4) is 0 Å². The molecule has 0 saturated carbocycles. The molecule has 0 N–H and O–H groups in total.